The monoisotopic (exact) mass is 128 g/mol. The molecular formula is C6H12N2O. The summed E-state index contributed by atoms with van der Waals surface area (Å²) in [5, 5.41) is 6.66. The van der Waals surface area contributed by atoms with Gasteiger partial charge in [0.25, 0.3) is 0 Å². The highest BCUT2D eigenvalue weighted by Crippen LogP contribution is 2.18. The van der Waals surface area contributed by atoms with Crippen molar-refractivity contribution in [2.75, 3.05) is 26.4 Å². The summed E-state index contributed by atoms with van der Waals surface area (Å²) in [6.07, 6.45) is 1.22. The Morgan fingerprint density at radius 1 is 1.44 bits per heavy atom. The molecule has 0 amide bonds. The summed E-state index contributed by atoms with van der Waals surface area (Å²) in [7, 11) is 0. The van der Waals surface area contributed by atoms with Crippen molar-refractivity contribution in [2.45, 2.75) is 12.0 Å². The van der Waals surface area contributed by atoms with Crippen LogP contribution in [0.3, 0.4) is 0 Å². The first-order chi connectivity index (χ1) is 4.41. The van der Waals surface area contributed by atoms with E-state index >= 15 is 0 Å². The van der Waals surface area contributed by atoms with Crippen molar-refractivity contribution >= 4 is 0 Å². The Hall–Kier alpha value is -0.120. The van der Waals surface area contributed by atoms with Crippen molar-refractivity contribution < 1.29 is 4.74 Å². The first-order valence-electron chi connectivity index (χ1n) is 3.45. The van der Waals surface area contributed by atoms with Gasteiger partial charge in [0.1, 0.15) is 0 Å². The van der Waals surface area contributed by atoms with E-state index in [1.54, 1.807) is 0 Å². The molecule has 0 radical (unpaired) electrons. The Morgan fingerprint density at radius 3 is 3.00 bits per heavy atom. The van der Waals surface area contributed by atoms with E-state index in [4.69, 9.17) is 4.74 Å². The van der Waals surface area contributed by atoms with Gasteiger partial charge in [0.15, 0.2) is 0 Å². The minimum Gasteiger partial charge on any atom is -0.364 e. The third kappa shape index (κ3) is 0.852. The molecule has 1 atom stereocenters. The second kappa shape index (κ2) is 1.94. The normalized spacial score (nSPS) is 42.7. The van der Waals surface area contributed by atoms with Gasteiger partial charge in [-0.2, -0.15) is 0 Å². The number of hydrogen-bond donors (Lipinski definition) is 2. The summed E-state index contributed by atoms with van der Waals surface area (Å²) in [6.45, 7) is 3.84. The molecule has 1 unspecified atom stereocenters. The molecule has 2 aliphatic heterocycles. The first-order valence-corrected chi connectivity index (χ1v) is 3.45. The van der Waals surface area contributed by atoms with E-state index in [0.717, 1.165) is 26.4 Å². The predicted molar refractivity (Wildman–Crippen MR) is 34.2 cm³/mol. The van der Waals surface area contributed by atoms with E-state index in [0.29, 0.717) is 5.54 Å². The third-order valence-electron chi connectivity index (χ3n) is 2.17. The topological polar surface area (TPSA) is 33.3 Å². The van der Waals surface area contributed by atoms with Gasteiger partial charge in [-0.3, -0.25) is 5.32 Å². The molecule has 52 valence electrons. The van der Waals surface area contributed by atoms with Crippen LogP contribution >= 0.6 is 0 Å². The molecule has 2 fully saturated rings. The Morgan fingerprint density at radius 2 is 2.44 bits per heavy atom. The molecule has 2 N–H and O–H groups in total. The maximum atomic E-state index is 5.23. The van der Waals surface area contributed by atoms with Crippen LogP contribution < -0.4 is 10.6 Å². The lowest BCUT2D eigenvalue weighted by atomic mass is 10.0. The summed E-state index contributed by atoms with van der Waals surface area (Å²) in [5.41, 5.74) is 0.306. The molecule has 2 aliphatic rings. The molecule has 0 aromatic rings. The molecule has 9 heavy (non-hydrogen) atoms. The average molecular weight is 128 g/mol. The molecule has 1 spiro atoms. The molecule has 2 heterocycles. The Balaban J connectivity index is 2.04. The second-order valence-corrected chi connectivity index (χ2v) is 2.88. The van der Waals surface area contributed by atoms with Crippen LogP contribution in [0.2, 0.25) is 0 Å². The molecule has 0 aromatic heterocycles. The lowest BCUT2D eigenvalue weighted by Gasteiger charge is -2.18. The van der Waals surface area contributed by atoms with Crippen LogP contribution in [0.15, 0.2) is 0 Å². The lowest BCUT2D eigenvalue weighted by Crippen LogP contribution is -2.43. The highest BCUT2D eigenvalue weighted by molar-refractivity contribution is 4.97. The van der Waals surface area contributed by atoms with Crippen LogP contribution in [0, 0.1) is 0 Å². The zero-order valence-electron chi connectivity index (χ0n) is 5.44. The summed E-state index contributed by atoms with van der Waals surface area (Å²) in [6, 6.07) is 0. The fraction of sp³-hybridized carbons (Fsp3) is 1.00. The Labute approximate surface area is 54.8 Å². The van der Waals surface area contributed by atoms with E-state index in [2.05, 4.69) is 10.6 Å². The quantitative estimate of drug-likeness (QED) is 0.452. The fourth-order valence-corrected chi connectivity index (χ4v) is 1.52. The molecule has 2 rings (SSSR count). The molecule has 0 aromatic carbocycles. The number of hydrogen-bond acceptors (Lipinski definition) is 3. The van der Waals surface area contributed by atoms with E-state index in [1.165, 1.54) is 6.42 Å². The van der Waals surface area contributed by atoms with Gasteiger partial charge in [-0.05, 0) is 13.0 Å². The zero-order valence-corrected chi connectivity index (χ0v) is 5.44. The largest absolute Gasteiger partial charge is 0.364 e. The third-order valence-corrected chi connectivity index (χ3v) is 2.17. The number of ether oxygens (including phenoxy) is 1. The van der Waals surface area contributed by atoms with Gasteiger partial charge in [0.2, 0.25) is 0 Å². The fourth-order valence-electron chi connectivity index (χ4n) is 1.52. The van der Waals surface area contributed by atoms with E-state index in [1.807, 2.05) is 0 Å². The van der Waals surface area contributed by atoms with Gasteiger partial charge in [-0.15, -0.1) is 0 Å². The van der Waals surface area contributed by atoms with Crippen LogP contribution in [-0.2, 0) is 4.74 Å². The highest BCUT2D eigenvalue weighted by atomic mass is 16.5. The number of nitrogens with one attached hydrogen (secondary N) is 2. The predicted octanol–water partition coefficient (Wildman–Crippen LogP) is -0.704. The van der Waals surface area contributed by atoms with E-state index in [-0.39, 0.29) is 0 Å². The van der Waals surface area contributed by atoms with Crippen LogP contribution in [0.25, 0.3) is 0 Å². The van der Waals surface area contributed by atoms with Crippen LogP contribution in [0.1, 0.15) is 6.42 Å². The van der Waals surface area contributed by atoms with Crippen molar-refractivity contribution in [3.05, 3.63) is 0 Å². The van der Waals surface area contributed by atoms with E-state index < -0.39 is 0 Å². The SMILES string of the molecule is C1CC2(CN1)COCN2. The highest BCUT2D eigenvalue weighted by Gasteiger charge is 2.36. The number of rotatable bonds is 0. The molecule has 3 nitrogen and oxygen atoms in total. The molecule has 0 saturated carbocycles. The van der Waals surface area contributed by atoms with Gasteiger partial charge in [-0.25, -0.2) is 0 Å². The molecular weight excluding hydrogens is 116 g/mol. The summed E-state index contributed by atoms with van der Waals surface area (Å²) in [5.74, 6) is 0. The van der Waals surface area contributed by atoms with Gasteiger partial charge in [0, 0.05) is 6.54 Å². The van der Waals surface area contributed by atoms with Gasteiger partial charge < -0.3 is 10.1 Å². The summed E-state index contributed by atoms with van der Waals surface area (Å²) >= 11 is 0. The summed E-state index contributed by atoms with van der Waals surface area (Å²) in [4.78, 5) is 0. The minimum atomic E-state index is 0.306. The standard InChI is InChI=1S/C6H12N2O/c1-2-7-3-6(1)4-9-5-8-6/h7-8H,1-5H2. The maximum absolute atomic E-state index is 5.23. The molecule has 0 aliphatic carbocycles. The van der Waals surface area contributed by atoms with Gasteiger partial charge >= 0.3 is 0 Å². The van der Waals surface area contributed by atoms with Crippen LogP contribution in [-0.4, -0.2) is 32.0 Å². The average Bonchev–Trinajstić information content (AvgIpc) is 2.45. The van der Waals surface area contributed by atoms with Crippen molar-refractivity contribution in [3.8, 4) is 0 Å². The first kappa shape index (κ1) is 5.65. The van der Waals surface area contributed by atoms with Crippen molar-refractivity contribution in [3.63, 3.8) is 0 Å². The lowest BCUT2D eigenvalue weighted by molar-refractivity contribution is 0.179. The van der Waals surface area contributed by atoms with Crippen molar-refractivity contribution in [1.82, 2.24) is 10.6 Å². The molecule has 0 bridgehead atoms. The zero-order chi connectivity index (χ0) is 6.16. The Kier molecular flexibility index (Phi) is 1.22. The van der Waals surface area contributed by atoms with Gasteiger partial charge in [0.05, 0.1) is 18.9 Å². The Bertz CT molecular complexity index is 86.1. The summed E-state index contributed by atoms with van der Waals surface area (Å²) < 4.78 is 5.23. The van der Waals surface area contributed by atoms with Crippen LogP contribution in [0.5, 0.6) is 0 Å². The minimum absolute atomic E-state index is 0.306. The second-order valence-electron chi connectivity index (χ2n) is 2.88. The maximum Gasteiger partial charge on any atom is 0.0971 e. The van der Waals surface area contributed by atoms with Crippen molar-refractivity contribution in [2.24, 2.45) is 0 Å². The van der Waals surface area contributed by atoms with E-state index in [9.17, 15) is 0 Å². The van der Waals surface area contributed by atoms with Gasteiger partial charge in [-0.1, -0.05) is 0 Å². The molecule has 3 heteroatoms. The molecule has 2 saturated heterocycles. The smallest absolute Gasteiger partial charge is 0.0971 e. The van der Waals surface area contributed by atoms with Crippen LogP contribution in [0.4, 0.5) is 0 Å². The van der Waals surface area contributed by atoms with Crippen molar-refractivity contribution in [1.29, 1.82) is 0 Å².